The molecule has 0 spiro atoms. The summed E-state index contributed by atoms with van der Waals surface area (Å²) in [5.74, 6) is -5.39. The number of carboxylic acid groups (broad SMARTS) is 1. The molecule has 96 heavy (non-hydrogen) atoms. The molecule has 7 amide bonds. The van der Waals surface area contributed by atoms with Crippen LogP contribution in [0.4, 0.5) is 4.79 Å². The zero-order chi connectivity index (χ0) is 69.8. The van der Waals surface area contributed by atoms with Gasteiger partial charge in [0.2, 0.25) is 35.4 Å². The second-order valence-corrected chi connectivity index (χ2v) is 26.3. The van der Waals surface area contributed by atoms with Crippen LogP contribution >= 0.6 is 0 Å². The first-order valence-corrected chi connectivity index (χ1v) is 33.5. The Bertz CT molecular complexity index is 3330. The van der Waals surface area contributed by atoms with Crippen LogP contribution in [0.2, 0.25) is 0 Å². The molecule has 1 saturated heterocycles. The summed E-state index contributed by atoms with van der Waals surface area (Å²) in [4.78, 5) is 135. The van der Waals surface area contributed by atoms with Crippen LogP contribution in [0, 0.1) is 5.92 Å². The molecule has 6 rings (SSSR count). The van der Waals surface area contributed by atoms with Crippen LogP contribution in [0.3, 0.4) is 0 Å². The van der Waals surface area contributed by atoms with Gasteiger partial charge in [0.15, 0.2) is 5.76 Å². The third kappa shape index (κ3) is 26.3. The molecule has 1 fully saturated rings. The van der Waals surface area contributed by atoms with Gasteiger partial charge in [-0.2, -0.15) is 0 Å². The number of ether oxygens (including phenoxy) is 7. The predicted octanol–water partition coefficient (Wildman–Crippen LogP) is 6.81. The zero-order valence-corrected chi connectivity index (χ0v) is 56.9. The second kappa shape index (κ2) is 38.3. The highest BCUT2D eigenvalue weighted by atomic mass is 16.6. The highest BCUT2D eigenvalue weighted by Crippen LogP contribution is 2.33. The molecule has 2 aliphatic heterocycles. The van der Waals surface area contributed by atoms with Gasteiger partial charge in [-0.15, -0.1) is 0 Å². The number of carbonyl (C=O) groups is 10. The van der Waals surface area contributed by atoms with Crippen molar-refractivity contribution in [3.8, 4) is 0 Å². The number of nitrogens with one attached hydrogen (secondary N) is 6. The van der Waals surface area contributed by atoms with E-state index in [4.69, 9.17) is 38.1 Å². The zero-order valence-electron chi connectivity index (χ0n) is 56.9. The summed E-state index contributed by atoms with van der Waals surface area (Å²) in [5.41, 5.74) is 2.55. The molecule has 0 aliphatic carbocycles. The maximum Gasteiger partial charge on any atom is 0.408 e. The van der Waals surface area contributed by atoms with Gasteiger partial charge in [0, 0.05) is 86.2 Å². The van der Waals surface area contributed by atoms with Crippen molar-refractivity contribution >= 4 is 92.5 Å². The largest absolute Gasteiger partial charge is 0.493 e. The number of likely N-dealkylation sites (tertiary alicyclic amines) is 1. The number of pyridine rings is 2. The molecular formula is C69H99N9O18. The number of aromatic nitrogens is 2. The SMILES string of the molecule is CC(C)[C@H](NC(=O)[C@@H]1CCCN1C(=O)[C@H](CC(=O)O)NC(=O)CCOCCOCCOCCNC(=O)CCCC(=O)NCCCC[C@H](NC(=O)OC(C)(C)C)C(=O)NCCCCCCCC(=O)OC(C)(C)C)C(=O)OC1=COCc2cn3cc4cc5ccccc5nc4c3cc21. The Kier molecular flexibility index (Phi) is 30.6. The molecule has 5 heterocycles. The number of carbonyl (C=O) groups excluding carboxylic acids is 9. The van der Waals surface area contributed by atoms with E-state index in [1.807, 2.05) is 67.9 Å². The highest BCUT2D eigenvalue weighted by molar-refractivity contribution is 6.02. The third-order valence-corrected chi connectivity index (χ3v) is 15.6. The minimum atomic E-state index is -1.48. The van der Waals surface area contributed by atoms with E-state index in [1.165, 1.54) is 11.2 Å². The number of fused-ring (bicyclic) bond motifs is 5. The summed E-state index contributed by atoms with van der Waals surface area (Å²) in [6.45, 7) is 16.5. The quantitative estimate of drug-likeness (QED) is 0.0137. The monoisotopic (exact) mass is 1340 g/mol. The van der Waals surface area contributed by atoms with Crippen LogP contribution in [0.5, 0.6) is 0 Å². The van der Waals surface area contributed by atoms with Crippen LogP contribution in [-0.2, 0) is 82.9 Å². The van der Waals surface area contributed by atoms with Gasteiger partial charge in [-0.1, -0.05) is 51.3 Å². The average Bonchev–Trinajstić information content (AvgIpc) is 1.58. The minimum Gasteiger partial charge on any atom is -0.493 e. The van der Waals surface area contributed by atoms with Crippen LogP contribution in [0.25, 0.3) is 33.1 Å². The Hall–Kier alpha value is -8.43. The molecule has 0 saturated carbocycles. The van der Waals surface area contributed by atoms with Crippen molar-refractivity contribution < 1.29 is 86.2 Å². The Labute approximate surface area is 560 Å². The molecule has 3 aromatic heterocycles. The first kappa shape index (κ1) is 76.6. The number of aliphatic carboxylic acids is 1. The van der Waals surface area contributed by atoms with Crippen molar-refractivity contribution in [2.45, 2.75) is 200 Å². The predicted molar refractivity (Wildman–Crippen MR) is 355 cm³/mol. The van der Waals surface area contributed by atoms with E-state index in [0.717, 1.165) is 65.0 Å². The van der Waals surface area contributed by atoms with E-state index in [0.29, 0.717) is 57.2 Å². The highest BCUT2D eigenvalue weighted by Gasteiger charge is 2.41. The molecule has 27 heteroatoms. The molecule has 2 aliphatic rings. The summed E-state index contributed by atoms with van der Waals surface area (Å²) in [5, 5.41) is 28.1. The Balaban J connectivity index is 0.789. The smallest absolute Gasteiger partial charge is 0.408 e. The first-order chi connectivity index (χ1) is 45.7. The van der Waals surface area contributed by atoms with E-state index in [1.54, 1.807) is 34.6 Å². The number of esters is 2. The fourth-order valence-corrected chi connectivity index (χ4v) is 10.9. The van der Waals surface area contributed by atoms with E-state index < -0.39 is 83.5 Å². The van der Waals surface area contributed by atoms with Gasteiger partial charge in [0.1, 0.15) is 48.2 Å². The maximum absolute atomic E-state index is 14.0. The number of alkyl carbamates (subject to hydrolysis) is 1. The summed E-state index contributed by atoms with van der Waals surface area (Å²) in [6, 6.07) is 7.28. The lowest BCUT2D eigenvalue weighted by molar-refractivity contribution is -0.155. The van der Waals surface area contributed by atoms with Gasteiger partial charge in [-0.05, 0) is 117 Å². The van der Waals surface area contributed by atoms with Gasteiger partial charge in [0.25, 0.3) is 0 Å². The lowest BCUT2D eigenvalue weighted by atomic mass is 10.0. The van der Waals surface area contributed by atoms with Crippen molar-refractivity contribution in [2.75, 3.05) is 65.8 Å². The summed E-state index contributed by atoms with van der Waals surface area (Å²) < 4.78 is 40.9. The van der Waals surface area contributed by atoms with Crippen LogP contribution in [-0.4, -0.2) is 180 Å². The molecule has 0 unspecified atom stereocenters. The van der Waals surface area contributed by atoms with Crippen LogP contribution < -0.4 is 31.9 Å². The molecule has 27 nitrogen and oxygen atoms in total. The number of nitrogens with zero attached hydrogens (tertiary/aromatic N) is 3. The molecule has 0 bridgehead atoms. The molecule has 0 radical (unpaired) electrons. The van der Waals surface area contributed by atoms with Crippen molar-refractivity contribution in [3.63, 3.8) is 0 Å². The Morgan fingerprint density at radius 3 is 2.03 bits per heavy atom. The summed E-state index contributed by atoms with van der Waals surface area (Å²) in [6.07, 6.45) is 10.8. The van der Waals surface area contributed by atoms with Gasteiger partial charge in [-0.25, -0.2) is 14.6 Å². The standard InChI is InChI=1S/C69H99N9O18/c1-45(2)61(66(88)94-55-44-93-43-48-42-77-41-47-38-46-20-13-14-21-50(46)74-62(47)54(77)39-49(48)55)76-64(86)53-23-19-31-78(53)65(87)52(40-59(82)83)73-58(81)27-32-90-34-36-92-37-35-91-33-30-71-57(80)25-18-24-56(79)70-28-17-15-22-51(75-67(89)96-69(6,7)8)63(85)72-29-16-11-9-10-12-26-60(84)95-68(3,4)5/h13-14,20-21,38-39,41-42,44-45,51-53,61H,9-12,15-19,22-37,40,43H2,1-8H3,(H,70,79)(H,71,80)(H,72,85)(H,73,81)(H,75,89)(H,76,86)(H,82,83)/t51-,52-,53-,61-/m0/s1. The number of benzene rings is 1. The average molecular weight is 1340 g/mol. The van der Waals surface area contributed by atoms with Crippen molar-refractivity contribution in [1.29, 1.82) is 0 Å². The lowest BCUT2D eigenvalue weighted by Gasteiger charge is -2.30. The van der Waals surface area contributed by atoms with E-state index in [9.17, 15) is 53.1 Å². The molecular weight excluding hydrogens is 1240 g/mol. The normalized spacial score (nSPS) is 14.8. The van der Waals surface area contributed by atoms with Crippen molar-refractivity contribution in [3.05, 3.63) is 66.2 Å². The molecule has 1 aromatic carbocycles. The number of carboxylic acids is 1. The third-order valence-electron chi connectivity index (χ3n) is 15.6. The molecule has 528 valence electrons. The van der Waals surface area contributed by atoms with Crippen molar-refractivity contribution in [2.24, 2.45) is 5.92 Å². The summed E-state index contributed by atoms with van der Waals surface area (Å²) >= 11 is 0. The van der Waals surface area contributed by atoms with Crippen molar-refractivity contribution in [1.82, 2.24) is 46.2 Å². The van der Waals surface area contributed by atoms with E-state index in [-0.39, 0.29) is 114 Å². The van der Waals surface area contributed by atoms with Gasteiger partial charge < -0.3 is 79.5 Å². The fraction of sp³-hybridized carbons (Fsp3) is 0.609. The number of unbranched alkanes of at least 4 members (excludes halogenated alkanes) is 5. The number of hydrogen-bond acceptors (Lipinski definition) is 18. The fourth-order valence-electron chi connectivity index (χ4n) is 10.9. The van der Waals surface area contributed by atoms with Gasteiger partial charge in [0.05, 0.1) is 62.6 Å². The van der Waals surface area contributed by atoms with E-state index >= 15 is 0 Å². The first-order valence-electron chi connectivity index (χ1n) is 33.5. The number of hydrogen-bond donors (Lipinski definition) is 7. The van der Waals surface area contributed by atoms with Gasteiger partial charge >= 0.3 is 24.0 Å². The van der Waals surface area contributed by atoms with E-state index in [2.05, 4.69) is 38.0 Å². The Morgan fingerprint density at radius 2 is 1.32 bits per heavy atom. The molecule has 4 aromatic rings. The molecule has 4 atom stereocenters. The maximum atomic E-state index is 14.0. The minimum absolute atomic E-state index is 0.0605. The topological polar surface area (TPSA) is 348 Å². The lowest BCUT2D eigenvalue weighted by Crippen LogP contribution is -2.56. The molecule has 7 N–H and O–H groups in total. The Morgan fingerprint density at radius 1 is 0.667 bits per heavy atom. The van der Waals surface area contributed by atoms with Crippen LogP contribution in [0.1, 0.15) is 169 Å². The number of para-hydroxylation sites is 1. The number of amides is 7. The second-order valence-electron chi connectivity index (χ2n) is 26.3. The summed E-state index contributed by atoms with van der Waals surface area (Å²) in [7, 11) is 0. The van der Waals surface area contributed by atoms with Crippen LogP contribution in [0.15, 0.2) is 55.1 Å². The van der Waals surface area contributed by atoms with Gasteiger partial charge in [-0.3, -0.25) is 38.4 Å². The number of rotatable bonds is 40.